The lowest BCUT2D eigenvalue weighted by Crippen LogP contribution is -2.50. The fraction of sp³-hybridized carbons (Fsp3) is 0.682. The van der Waals surface area contributed by atoms with Gasteiger partial charge in [-0.3, -0.25) is 9.89 Å². The Kier molecular flexibility index (Phi) is 6.70. The van der Waals surface area contributed by atoms with E-state index in [2.05, 4.69) is 52.4 Å². The molecule has 0 aromatic heterocycles. The van der Waals surface area contributed by atoms with Crippen LogP contribution < -0.4 is 5.32 Å². The Morgan fingerprint density at radius 2 is 2.00 bits per heavy atom. The molecule has 1 aromatic rings. The average molecular weight is 403 g/mol. The lowest BCUT2D eigenvalue weighted by Gasteiger charge is -2.36. The van der Waals surface area contributed by atoms with Crippen LogP contribution in [0.2, 0.25) is 0 Å². The minimum Gasteiger partial charge on any atom is -0.388 e. The summed E-state index contributed by atoms with van der Waals surface area (Å²) in [6, 6.07) is 11.0. The van der Waals surface area contributed by atoms with Crippen LogP contribution in [0.4, 0.5) is 0 Å². The standard InChI is InChI=1S/C22H34N4O3/c1-2-23-21(24-17-22(27)8-11-28-12-9-22)26-15-19-20(16-26)29-13-10-25(19)14-18-6-4-3-5-7-18/h3-7,19-20,27H,2,8-17H2,1H3,(H,23,24). The Morgan fingerprint density at radius 1 is 1.21 bits per heavy atom. The molecule has 3 aliphatic heterocycles. The van der Waals surface area contributed by atoms with Crippen molar-refractivity contribution in [3.8, 4) is 0 Å². The molecule has 0 radical (unpaired) electrons. The first-order chi connectivity index (χ1) is 14.2. The Balaban J connectivity index is 1.43. The van der Waals surface area contributed by atoms with Crippen molar-refractivity contribution in [2.45, 2.75) is 44.1 Å². The molecule has 3 saturated heterocycles. The number of nitrogens with zero attached hydrogens (tertiary/aromatic N) is 3. The van der Waals surface area contributed by atoms with Crippen molar-refractivity contribution >= 4 is 5.96 Å². The maximum Gasteiger partial charge on any atom is 0.194 e. The molecule has 7 nitrogen and oxygen atoms in total. The number of rotatable bonds is 5. The van der Waals surface area contributed by atoms with Gasteiger partial charge < -0.3 is 24.8 Å². The fourth-order valence-corrected chi connectivity index (χ4v) is 4.50. The van der Waals surface area contributed by atoms with Crippen LogP contribution in [0.5, 0.6) is 0 Å². The van der Waals surface area contributed by atoms with Crippen molar-refractivity contribution in [3.63, 3.8) is 0 Å². The van der Waals surface area contributed by atoms with Gasteiger partial charge in [0, 0.05) is 58.8 Å². The van der Waals surface area contributed by atoms with E-state index in [0.29, 0.717) is 38.6 Å². The van der Waals surface area contributed by atoms with Crippen molar-refractivity contribution in [2.24, 2.45) is 4.99 Å². The first kappa shape index (κ1) is 20.6. The van der Waals surface area contributed by atoms with Gasteiger partial charge in [0.15, 0.2) is 5.96 Å². The predicted molar refractivity (Wildman–Crippen MR) is 113 cm³/mol. The summed E-state index contributed by atoms with van der Waals surface area (Å²) in [4.78, 5) is 9.65. The van der Waals surface area contributed by atoms with E-state index in [0.717, 1.165) is 45.3 Å². The molecule has 3 heterocycles. The molecular formula is C22H34N4O3. The van der Waals surface area contributed by atoms with Crippen LogP contribution in [0.25, 0.3) is 0 Å². The highest BCUT2D eigenvalue weighted by Crippen LogP contribution is 2.25. The number of morpholine rings is 1. The summed E-state index contributed by atoms with van der Waals surface area (Å²) in [6.45, 7) is 8.94. The number of hydrogen-bond donors (Lipinski definition) is 2. The number of ether oxygens (including phenoxy) is 2. The zero-order valence-electron chi connectivity index (χ0n) is 17.4. The highest BCUT2D eigenvalue weighted by Gasteiger charge is 2.41. The molecule has 0 spiro atoms. The van der Waals surface area contributed by atoms with Crippen molar-refractivity contribution < 1.29 is 14.6 Å². The number of fused-ring (bicyclic) bond motifs is 1. The van der Waals surface area contributed by atoms with Crippen molar-refractivity contribution in [1.82, 2.24) is 15.1 Å². The molecule has 0 aliphatic carbocycles. The fourth-order valence-electron chi connectivity index (χ4n) is 4.50. The van der Waals surface area contributed by atoms with Gasteiger partial charge in [-0.05, 0) is 12.5 Å². The van der Waals surface area contributed by atoms with Crippen molar-refractivity contribution in [1.29, 1.82) is 0 Å². The lowest BCUT2D eigenvalue weighted by molar-refractivity contribution is -0.0566. The van der Waals surface area contributed by atoms with Gasteiger partial charge in [0.05, 0.1) is 30.9 Å². The molecule has 2 unspecified atom stereocenters. The molecule has 0 bridgehead atoms. The minimum atomic E-state index is -0.749. The second-order valence-corrected chi connectivity index (χ2v) is 8.34. The molecule has 0 saturated carbocycles. The van der Waals surface area contributed by atoms with Gasteiger partial charge in [-0.15, -0.1) is 0 Å². The Hall–Kier alpha value is -1.67. The van der Waals surface area contributed by atoms with Crippen molar-refractivity contribution in [2.75, 3.05) is 52.5 Å². The zero-order chi connectivity index (χ0) is 20.1. The topological polar surface area (TPSA) is 69.6 Å². The molecule has 4 rings (SSSR count). The minimum absolute atomic E-state index is 0.197. The molecular weight excluding hydrogens is 368 g/mol. The van der Waals surface area contributed by atoms with Crippen LogP contribution in [0.15, 0.2) is 35.3 Å². The number of nitrogens with one attached hydrogen (secondary N) is 1. The Morgan fingerprint density at radius 3 is 2.76 bits per heavy atom. The molecule has 29 heavy (non-hydrogen) atoms. The van der Waals surface area contributed by atoms with Crippen LogP contribution in [-0.2, 0) is 16.0 Å². The van der Waals surface area contributed by atoms with E-state index < -0.39 is 5.60 Å². The maximum absolute atomic E-state index is 10.8. The summed E-state index contributed by atoms with van der Waals surface area (Å²) in [6.07, 6.45) is 1.49. The molecule has 7 heteroatoms. The van der Waals surface area contributed by atoms with E-state index in [-0.39, 0.29) is 6.10 Å². The Bertz CT molecular complexity index is 678. The molecule has 2 atom stereocenters. The predicted octanol–water partition coefficient (Wildman–Crippen LogP) is 1.08. The van der Waals surface area contributed by atoms with Gasteiger partial charge in [-0.1, -0.05) is 30.3 Å². The summed E-state index contributed by atoms with van der Waals surface area (Å²) in [5.74, 6) is 0.880. The average Bonchev–Trinajstić information content (AvgIpc) is 3.18. The van der Waals surface area contributed by atoms with Gasteiger partial charge in [-0.25, -0.2) is 0 Å². The van der Waals surface area contributed by atoms with Crippen LogP contribution in [-0.4, -0.2) is 91.2 Å². The Labute approximate surface area is 173 Å². The second kappa shape index (κ2) is 9.43. The van der Waals surface area contributed by atoms with E-state index >= 15 is 0 Å². The van der Waals surface area contributed by atoms with E-state index in [1.807, 2.05) is 0 Å². The SMILES string of the molecule is CCNC(=NCC1(O)CCOCC1)N1CC2OCCN(Cc3ccccc3)C2C1. The van der Waals surface area contributed by atoms with Crippen LogP contribution in [0.1, 0.15) is 25.3 Å². The van der Waals surface area contributed by atoms with E-state index in [4.69, 9.17) is 14.5 Å². The molecule has 3 aliphatic rings. The highest BCUT2D eigenvalue weighted by atomic mass is 16.5. The summed E-state index contributed by atoms with van der Waals surface area (Å²) in [5.41, 5.74) is 0.593. The van der Waals surface area contributed by atoms with Gasteiger partial charge in [-0.2, -0.15) is 0 Å². The molecule has 0 amide bonds. The third kappa shape index (κ3) is 5.09. The van der Waals surface area contributed by atoms with Crippen molar-refractivity contribution in [3.05, 3.63) is 35.9 Å². The van der Waals surface area contributed by atoms with Gasteiger partial charge >= 0.3 is 0 Å². The summed E-state index contributed by atoms with van der Waals surface area (Å²) in [5, 5.41) is 14.2. The highest BCUT2D eigenvalue weighted by molar-refractivity contribution is 5.80. The second-order valence-electron chi connectivity index (χ2n) is 8.34. The van der Waals surface area contributed by atoms with E-state index in [1.54, 1.807) is 0 Å². The van der Waals surface area contributed by atoms with E-state index in [9.17, 15) is 5.11 Å². The largest absolute Gasteiger partial charge is 0.388 e. The summed E-state index contributed by atoms with van der Waals surface area (Å²) in [7, 11) is 0. The summed E-state index contributed by atoms with van der Waals surface area (Å²) < 4.78 is 11.5. The van der Waals surface area contributed by atoms with Gasteiger partial charge in [0.2, 0.25) is 0 Å². The lowest BCUT2D eigenvalue weighted by atomic mass is 9.95. The van der Waals surface area contributed by atoms with E-state index in [1.165, 1.54) is 5.56 Å². The first-order valence-electron chi connectivity index (χ1n) is 10.9. The monoisotopic (exact) mass is 402 g/mol. The number of guanidine groups is 1. The third-order valence-corrected chi connectivity index (χ3v) is 6.23. The smallest absolute Gasteiger partial charge is 0.194 e. The van der Waals surface area contributed by atoms with Gasteiger partial charge in [0.1, 0.15) is 0 Å². The van der Waals surface area contributed by atoms with Crippen LogP contribution in [0.3, 0.4) is 0 Å². The quantitative estimate of drug-likeness (QED) is 0.567. The molecule has 2 N–H and O–H groups in total. The normalized spacial score (nSPS) is 27.7. The molecule has 3 fully saturated rings. The number of likely N-dealkylation sites (tertiary alicyclic amines) is 1. The summed E-state index contributed by atoms with van der Waals surface area (Å²) >= 11 is 0. The number of hydrogen-bond acceptors (Lipinski definition) is 5. The van der Waals surface area contributed by atoms with Gasteiger partial charge in [0.25, 0.3) is 0 Å². The maximum atomic E-state index is 10.8. The first-order valence-corrected chi connectivity index (χ1v) is 10.9. The zero-order valence-corrected chi connectivity index (χ0v) is 17.4. The third-order valence-electron chi connectivity index (χ3n) is 6.23. The number of benzene rings is 1. The number of aliphatic imine (C=N–C) groups is 1. The number of aliphatic hydroxyl groups is 1. The van der Waals surface area contributed by atoms with Crippen LogP contribution in [0, 0.1) is 0 Å². The molecule has 160 valence electrons. The van der Waals surface area contributed by atoms with Crippen LogP contribution >= 0.6 is 0 Å². The molecule has 1 aromatic carbocycles.